The van der Waals surface area contributed by atoms with Crippen molar-refractivity contribution in [3.63, 3.8) is 0 Å². The first-order chi connectivity index (χ1) is 15.8. The molecule has 4 nitrogen and oxygen atoms in total. The lowest BCUT2D eigenvalue weighted by molar-refractivity contribution is 0.408. The molecule has 0 aliphatic rings. The number of methoxy groups -OCH3 is 1. The van der Waals surface area contributed by atoms with E-state index in [4.69, 9.17) is 9.72 Å². The number of ether oxygens (including phenoxy) is 1. The molecule has 0 spiro atoms. The van der Waals surface area contributed by atoms with Crippen LogP contribution in [0.1, 0.15) is 0 Å². The molecule has 0 amide bonds. The number of hydrogen-bond donors (Lipinski definition) is 1. The van der Waals surface area contributed by atoms with Gasteiger partial charge in [-0.3, -0.25) is 4.57 Å². The third-order valence-corrected chi connectivity index (χ3v) is 5.43. The van der Waals surface area contributed by atoms with Crippen LogP contribution in [0.2, 0.25) is 0 Å². The third kappa shape index (κ3) is 3.52. The van der Waals surface area contributed by atoms with Crippen molar-refractivity contribution in [2.75, 3.05) is 7.11 Å². The quantitative estimate of drug-likeness (QED) is 0.350. The molecule has 0 atom stereocenters. The van der Waals surface area contributed by atoms with Gasteiger partial charge in [-0.15, -0.1) is 0 Å². The molecule has 1 heterocycles. The normalized spacial score (nSPS) is 10.8. The van der Waals surface area contributed by atoms with E-state index in [1.165, 1.54) is 0 Å². The van der Waals surface area contributed by atoms with Crippen LogP contribution in [0.3, 0.4) is 0 Å². The Balaban J connectivity index is 1.88. The lowest BCUT2D eigenvalue weighted by Crippen LogP contribution is -2.00. The van der Waals surface area contributed by atoms with Crippen LogP contribution in [0, 0.1) is 0 Å². The lowest BCUT2D eigenvalue weighted by atomic mass is 10.0. The Hall–Kier alpha value is -4.31. The van der Waals surface area contributed by atoms with Crippen molar-refractivity contribution in [2.24, 2.45) is 0 Å². The summed E-state index contributed by atoms with van der Waals surface area (Å²) in [6, 6.07) is 35.7. The molecule has 0 bridgehead atoms. The zero-order valence-electron chi connectivity index (χ0n) is 17.6. The number of nitrogens with zero attached hydrogens (tertiary/aromatic N) is 2. The Morgan fingerprint density at radius 2 is 1.31 bits per heavy atom. The first-order valence-electron chi connectivity index (χ1n) is 10.4. The molecule has 0 unspecified atom stereocenters. The summed E-state index contributed by atoms with van der Waals surface area (Å²) in [5.74, 6) is 1.37. The van der Waals surface area contributed by atoms with Crippen molar-refractivity contribution in [3.8, 4) is 51.1 Å². The van der Waals surface area contributed by atoms with E-state index in [1.807, 2.05) is 78.9 Å². The molecule has 1 aromatic heterocycles. The van der Waals surface area contributed by atoms with Crippen LogP contribution < -0.4 is 4.74 Å². The van der Waals surface area contributed by atoms with E-state index in [9.17, 15) is 5.11 Å². The predicted octanol–water partition coefficient (Wildman–Crippen LogP) is 6.59. The van der Waals surface area contributed by atoms with Crippen LogP contribution in [0.4, 0.5) is 0 Å². The largest absolute Gasteiger partial charge is 0.507 e. The van der Waals surface area contributed by atoms with Crippen molar-refractivity contribution in [3.05, 3.63) is 109 Å². The van der Waals surface area contributed by atoms with Crippen LogP contribution in [-0.4, -0.2) is 21.8 Å². The summed E-state index contributed by atoms with van der Waals surface area (Å²) in [5, 5.41) is 10.9. The number of phenolic OH excluding ortho intramolecular Hbond substituents is 1. The zero-order valence-corrected chi connectivity index (χ0v) is 17.6. The maximum Gasteiger partial charge on any atom is 0.149 e. The van der Waals surface area contributed by atoms with Gasteiger partial charge in [0.1, 0.15) is 17.3 Å². The third-order valence-electron chi connectivity index (χ3n) is 5.43. The molecular formula is C28H22N2O2. The Morgan fingerprint density at radius 1 is 0.719 bits per heavy atom. The van der Waals surface area contributed by atoms with Gasteiger partial charge in [-0.2, -0.15) is 0 Å². The Labute approximate surface area is 187 Å². The number of hydrogen-bond acceptors (Lipinski definition) is 3. The van der Waals surface area contributed by atoms with E-state index in [-0.39, 0.29) is 5.75 Å². The molecule has 156 valence electrons. The summed E-state index contributed by atoms with van der Waals surface area (Å²) in [5.41, 5.74) is 5.47. The molecule has 0 saturated carbocycles. The van der Waals surface area contributed by atoms with Crippen molar-refractivity contribution >= 4 is 0 Å². The highest BCUT2D eigenvalue weighted by molar-refractivity contribution is 5.85. The number of aromatic hydroxyl groups is 1. The van der Waals surface area contributed by atoms with E-state index < -0.39 is 0 Å². The molecule has 0 aliphatic heterocycles. The average molecular weight is 418 g/mol. The number of phenols is 1. The molecule has 1 N–H and O–H groups in total. The zero-order chi connectivity index (χ0) is 21.9. The fourth-order valence-electron chi connectivity index (χ4n) is 3.92. The predicted molar refractivity (Wildman–Crippen MR) is 128 cm³/mol. The number of aromatic nitrogens is 2. The summed E-state index contributed by atoms with van der Waals surface area (Å²) in [6.45, 7) is 0. The van der Waals surface area contributed by atoms with Gasteiger partial charge in [0.2, 0.25) is 0 Å². The van der Waals surface area contributed by atoms with Gasteiger partial charge in [-0.1, -0.05) is 78.9 Å². The van der Waals surface area contributed by atoms with E-state index in [1.54, 1.807) is 13.2 Å². The Bertz CT molecular complexity index is 1340. The molecule has 0 aliphatic carbocycles. The van der Waals surface area contributed by atoms with Gasteiger partial charge < -0.3 is 9.84 Å². The Morgan fingerprint density at radius 3 is 1.91 bits per heavy atom. The monoisotopic (exact) mass is 418 g/mol. The molecule has 32 heavy (non-hydrogen) atoms. The minimum absolute atomic E-state index is 0.116. The van der Waals surface area contributed by atoms with E-state index >= 15 is 0 Å². The number of benzene rings is 4. The maximum absolute atomic E-state index is 10.9. The topological polar surface area (TPSA) is 47.3 Å². The summed E-state index contributed by atoms with van der Waals surface area (Å²) in [4.78, 5) is 5.08. The van der Waals surface area contributed by atoms with Crippen LogP contribution in [0.25, 0.3) is 39.6 Å². The van der Waals surface area contributed by atoms with Crippen molar-refractivity contribution in [2.45, 2.75) is 0 Å². The Kier molecular flexibility index (Phi) is 5.18. The second-order valence-corrected chi connectivity index (χ2v) is 7.42. The molecule has 0 radical (unpaired) electrons. The van der Waals surface area contributed by atoms with Crippen LogP contribution in [0.15, 0.2) is 109 Å². The lowest BCUT2D eigenvalue weighted by Gasteiger charge is -2.14. The summed E-state index contributed by atoms with van der Waals surface area (Å²) < 4.78 is 7.39. The van der Waals surface area contributed by atoms with Gasteiger partial charge in [-0.05, 0) is 24.3 Å². The molecule has 5 aromatic rings. The van der Waals surface area contributed by atoms with Crippen LogP contribution in [0.5, 0.6) is 11.5 Å². The smallest absolute Gasteiger partial charge is 0.149 e. The van der Waals surface area contributed by atoms with Gasteiger partial charge in [0.05, 0.1) is 24.1 Å². The van der Waals surface area contributed by atoms with Crippen molar-refractivity contribution in [1.82, 2.24) is 9.55 Å². The first kappa shape index (κ1) is 19.6. The summed E-state index contributed by atoms with van der Waals surface area (Å²) >= 11 is 0. The number of rotatable bonds is 5. The van der Waals surface area contributed by atoms with Crippen LogP contribution >= 0.6 is 0 Å². The number of para-hydroxylation sites is 1. The van der Waals surface area contributed by atoms with Gasteiger partial charge in [0.25, 0.3) is 0 Å². The average Bonchev–Trinajstić information content (AvgIpc) is 3.26. The SMILES string of the molecule is COc1ccc(-c2nc(-c3ccccc3)c(-c3ccccc3)n2-c2ccccc2)c(O)c1. The van der Waals surface area contributed by atoms with Crippen molar-refractivity contribution in [1.29, 1.82) is 0 Å². The van der Waals surface area contributed by atoms with Gasteiger partial charge in [0, 0.05) is 22.9 Å². The molecule has 0 fully saturated rings. The second kappa shape index (κ2) is 8.44. The molecular weight excluding hydrogens is 396 g/mol. The highest BCUT2D eigenvalue weighted by atomic mass is 16.5. The maximum atomic E-state index is 10.9. The second-order valence-electron chi connectivity index (χ2n) is 7.42. The molecule has 0 saturated heterocycles. The van der Waals surface area contributed by atoms with Gasteiger partial charge in [0.15, 0.2) is 0 Å². The van der Waals surface area contributed by atoms with E-state index in [2.05, 4.69) is 28.8 Å². The standard InChI is InChI=1S/C28H22N2O2/c1-32-23-17-18-24(25(31)19-23)28-29-26(20-11-5-2-6-12-20)27(21-13-7-3-8-14-21)30(28)22-15-9-4-10-16-22/h2-19,31H,1H3. The fraction of sp³-hybridized carbons (Fsp3) is 0.0357. The van der Waals surface area contributed by atoms with E-state index in [0.717, 1.165) is 28.2 Å². The highest BCUT2D eigenvalue weighted by Crippen LogP contribution is 2.41. The molecule has 5 rings (SSSR count). The first-order valence-corrected chi connectivity index (χ1v) is 10.4. The summed E-state index contributed by atoms with van der Waals surface area (Å²) in [7, 11) is 1.58. The summed E-state index contributed by atoms with van der Waals surface area (Å²) in [6.07, 6.45) is 0. The molecule has 4 aromatic carbocycles. The minimum Gasteiger partial charge on any atom is -0.507 e. The minimum atomic E-state index is 0.116. The highest BCUT2D eigenvalue weighted by Gasteiger charge is 2.23. The number of imidazole rings is 1. The van der Waals surface area contributed by atoms with Crippen molar-refractivity contribution < 1.29 is 9.84 Å². The van der Waals surface area contributed by atoms with Gasteiger partial charge in [-0.25, -0.2) is 4.98 Å². The molecule has 4 heteroatoms. The van der Waals surface area contributed by atoms with E-state index in [0.29, 0.717) is 17.1 Å². The van der Waals surface area contributed by atoms with Crippen LogP contribution in [-0.2, 0) is 0 Å². The fourth-order valence-corrected chi connectivity index (χ4v) is 3.92. The van der Waals surface area contributed by atoms with Gasteiger partial charge >= 0.3 is 0 Å².